The van der Waals surface area contributed by atoms with Crippen molar-refractivity contribution >= 4 is 5.91 Å². The Balaban J connectivity index is 2.02. The number of amides is 1. The van der Waals surface area contributed by atoms with Gasteiger partial charge < -0.3 is 10.6 Å². The lowest BCUT2D eigenvalue weighted by Crippen LogP contribution is -2.40. The van der Waals surface area contributed by atoms with Crippen molar-refractivity contribution < 1.29 is 4.79 Å². The average molecular weight is 298 g/mol. The fourth-order valence-electron chi connectivity index (χ4n) is 2.92. The van der Waals surface area contributed by atoms with Gasteiger partial charge in [0.1, 0.15) is 0 Å². The molecule has 0 saturated heterocycles. The van der Waals surface area contributed by atoms with Crippen LogP contribution >= 0.6 is 0 Å². The number of fused-ring (bicyclic) bond motifs is 1. The number of carbonyl (C=O) groups is 1. The van der Waals surface area contributed by atoms with Crippen LogP contribution in [-0.2, 0) is 12.8 Å². The normalized spacial score (nSPS) is 14.7. The Morgan fingerprint density at radius 1 is 1.36 bits per heavy atom. The molecule has 1 unspecified atom stereocenters. The summed E-state index contributed by atoms with van der Waals surface area (Å²) in [5.74, 6) is -0.0363. The third-order valence-electron chi connectivity index (χ3n) is 4.46. The SMILES string of the molecule is CC(CN)N(C)C(=O)c1nn(-c2ccccc2)c2c1CCC2. The molecule has 1 atom stereocenters. The molecule has 116 valence electrons. The predicted octanol–water partition coefficient (Wildman–Crippen LogP) is 1.78. The molecule has 0 saturated carbocycles. The van der Waals surface area contributed by atoms with Gasteiger partial charge in [-0.15, -0.1) is 0 Å². The lowest BCUT2D eigenvalue weighted by molar-refractivity contribution is 0.0741. The van der Waals surface area contributed by atoms with E-state index in [0.29, 0.717) is 12.2 Å². The summed E-state index contributed by atoms with van der Waals surface area (Å²) in [4.78, 5) is 14.4. The van der Waals surface area contributed by atoms with E-state index in [1.54, 1.807) is 11.9 Å². The molecule has 1 aromatic carbocycles. The van der Waals surface area contributed by atoms with E-state index in [2.05, 4.69) is 5.10 Å². The molecule has 2 N–H and O–H groups in total. The Morgan fingerprint density at radius 2 is 2.09 bits per heavy atom. The van der Waals surface area contributed by atoms with Crippen molar-refractivity contribution in [3.05, 3.63) is 47.3 Å². The maximum absolute atomic E-state index is 12.7. The topological polar surface area (TPSA) is 64.2 Å². The zero-order valence-corrected chi connectivity index (χ0v) is 13.1. The zero-order valence-electron chi connectivity index (χ0n) is 13.1. The quantitative estimate of drug-likeness (QED) is 0.936. The van der Waals surface area contributed by atoms with E-state index in [-0.39, 0.29) is 11.9 Å². The van der Waals surface area contributed by atoms with Crippen molar-refractivity contribution in [1.82, 2.24) is 14.7 Å². The van der Waals surface area contributed by atoms with E-state index in [4.69, 9.17) is 5.73 Å². The van der Waals surface area contributed by atoms with Gasteiger partial charge >= 0.3 is 0 Å². The van der Waals surface area contributed by atoms with Gasteiger partial charge in [0.05, 0.1) is 5.69 Å². The van der Waals surface area contributed by atoms with Crippen LogP contribution in [0, 0.1) is 0 Å². The Hall–Kier alpha value is -2.14. The second kappa shape index (κ2) is 5.93. The van der Waals surface area contributed by atoms with Crippen LogP contribution in [0.1, 0.15) is 35.1 Å². The van der Waals surface area contributed by atoms with Crippen LogP contribution in [0.4, 0.5) is 0 Å². The average Bonchev–Trinajstić information content (AvgIpc) is 3.15. The van der Waals surface area contributed by atoms with Gasteiger partial charge in [-0.25, -0.2) is 4.68 Å². The van der Waals surface area contributed by atoms with Gasteiger partial charge in [0, 0.05) is 30.9 Å². The monoisotopic (exact) mass is 298 g/mol. The maximum Gasteiger partial charge on any atom is 0.274 e. The minimum atomic E-state index is -0.0363. The molecule has 1 aliphatic carbocycles. The van der Waals surface area contributed by atoms with Crippen molar-refractivity contribution in [3.8, 4) is 5.69 Å². The van der Waals surface area contributed by atoms with Gasteiger partial charge in [0.15, 0.2) is 5.69 Å². The van der Waals surface area contributed by atoms with Crippen molar-refractivity contribution in [2.24, 2.45) is 5.73 Å². The van der Waals surface area contributed by atoms with E-state index in [1.165, 1.54) is 5.69 Å². The van der Waals surface area contributed by atoms with Crippen LogP contribution in [0.15, 0.2) is 30.3 Å². The van der Waals surface area contributed by atoms with E-state index in [0.717, 1.165) is 30.5 Å². The molecule has 0 bridgehead atoms. The maximum atomic E-state index is 12.7. The Kier molecular flexibility index (Phi) is 3.98. The first-order chi connectivity index (χ1) is 10.6. The van der Waals surface area contributed by atoms with Crippen molar-refractivity contribution in [2.45, 2.75) is 32.2 Å². The molecule has 1 aromatic heterocycles. The molecular weight excluding hydrogens is 276 g/mol. The second-order valence-corrected chi connectivity index (χ2v) is 5.88. The van der Waals surface area contributed by atoms with Crippen LogP contribution in [0.3, 0.4) is 0 Å². The Morgan fingerprint density at radius 3 is 2.77 bits per heavy atom. The summed E-state index contributed by atoms with van der Waals surface area (Å²) < 4.78 is 1.93. The largest absolute Gasteiger partial charge is 0.336 e. The summed E-state index contributed by atoms with van der Waals surface area (Å²) in [5.41, 5.74) is 9.54. The summed E-state index contributed by atoms with van der Waals surface area (Å²) in [6.07, 6.45) is 2.98. The molecule has 1 amide bonds. The Labute approximate surface area is 130 Å². The second-order valence-electron chi connectivity index (χ2n) is 5.88. The van der Waals surface area contributed by atoms with E-state index >= 15 is 0 Å². The third kappa shape index (κ3) is 2.41. The van der Waals surface area contributed by atoms with Gasteiger partial charge in [-0.2, -0.15) is 5.10 Å². The fraction of sp³-hybridized carbons (Fsp3) is 0.412. The molecule has 5 nitrogen and oxygen atoms in total. The highest BCUT2D eigenvalue weighted by atomic mass is 16.2. The summed E-state index contributed by atoms with van der Waals surface area (Å²) in [5, 5.41) is 4.62. The highest BCUT2D eigenvalue weighted by Gasteiger charge is 2.29. The number of hydrogen-bond donors (Lipinski definition) is 1. The number of rotatable bonds is 4. The van der Waals surface area contributed by atoms with E-state index in [9.17, 15) is 4.79 Å². The lowest BCUT2D eigenvalue weighted by Gasteiger charge is -2.23. The predicted molar refractivity (Wildman–Crippen MR) is 86.2 cm³/mol. The number of likely N-dealkylation sites (N-methyl/N-ethyl adjacent to an activating group) is 1. The van der Waals surface area contributed by atoms with Crippen molar-refractivity contribution in [1.29, 1.82) is 0 Å². The molecule has 0 spiro atoms. The Bertz CT molecular complexity index is 677. The van der Waals surface area contributed by atoms with Crippen LogP contribution in [0.2, 0.25) is 0 Å². The van der Waals surface area contributed by atoms with E-state index < -0.39 is 0 Å². The molecule has 3 rings (SSSR count). The number of hydrogen-bond acceptors (Lipinski definition) is 3. The molecular formula is C17H22N4O. The van der Waals surface area contributed by atoms with Crippen molar-refractivity contribution in [2.75, 3.05) is 13.6 Å². The third-order valence-corrected chi connectivity index (χ3v) is 4.46. The first-order valence-corrected chi connectivity index (χ1v) is 7.77. The van der Waals surface area contributed by atoms with E-state index in [1.807, 2.05) is 41.9 Å². The molecule has 2 aromatic rings. The molecule has 22 heavy (non-hydrogen) atoms. The number of carbonyl (C=O) groups excluding carboxylic acids is 1. The molecule has 0 fully saturated rings. The molecule has 1 aliphatic rings. The molecule has 5 heteroatoms. The minimum absolute atomic E-state index is 0.00595. The molecule has 1 heterocycles. The van der Waals surface area contributed by atoms with Gasteiger partial charge in [0.25, 0.3) is 5.91 Å². The fourth-order valence-corrected chi connectivity index (χ4v) is 2.92. The zero-order chi connectivity index (χ0) is 15.7. The number of benzene rings is 1. The number of aromatic nitrogens is 2. The van der Waals surface area contributed by atoms with Crippen LogP contribution in [-0.4, -0.2) is 40.2 Å². The van der Waals surface area contributed by atoms with Crippen LogP contribution in [0.25, 0.3) is 5.69 Å². The minimum Gasteiger partial charge on any atom is -0.336 e. The smallest absolute Gasteiger partial charge is 0.274 e. The van der Waals surface area contributed by atoms with Crippen LogP contribution in [0.5, 0.6) is 0 Å². The van der Waals surface area contributed by atoms with Crippen LogP contribution < -0.4 is 5.73 Å². The first-order valence-electron chi connectivity index (χ1n) is 7.77. The first kappa shape index (κ1) is 14.8. The van der Waals surface area contributed by atoms with Gasteiger partial charge in [-0.3, -0.25) is 4.79 Å². The molecule has 0 radical (unpaired) electrons. The summed E-state index contributed by atoms with van der Waals surface area (Å²) in [7, 11) is 1.79. The van der Waals surface area contributed by atoms with Gasteiger partial charge in [-0.1, -0.05) is 18.2 Å². The molecule has 0 aliphatic heterocycles. The highest BCUT2D eigenvalue weighted by Crippen LogP contribution is 2.28. The number of nitrogens with two attached hydrogens (primary N) is 1. The number of para-hydroxylation sites is 1. The number of nitrogens with zero attached hydrogens (tertiary/aromatic N) is 3. The van der Waals surface area contributed by atoms with Gasteiger partial charge in [0.2, 0.25) is 0 Å². The standard InChI is InChI=1S/C17H22N4O/c1-12(11-18)20(2)17(22)16-14-9-6-10-15(14)21(19-16)13-7-4-3-5-8-13/h3-5,7-8,12H,6,9-11,18H2,1-2H3. The lowest BCUT2D eigenvalue weighted by atomic mass is 10.1. The van der Waals surface area contributed by atoms with Gasteiger partial charge in [-0.05, 0) is 38.3 Å². The summed E-state index contributed by atoms with van der Waals surface area (Å²) >= 11 is 0. The van der Waals surface area contributed by atoms with Crippen molar-refractivity contribution in [3.63, 3.8) is 0 Å². The highest BCUT2D eigenvalue weighted by molar-refractivity contribution is 5.94. The summed E-state index contributed by atoms with van der Waals surface area (Å²) in [6.45, 7) is 2.40. The summed E-state index contributed by atoms with van der Waals surface area (Å²) in [6, 6.07) is 10.0.